The maximum atomic E-state index is 14.1. The maximum Gasteiger partial charge on any atom is 0.251 e. The first kappa shape index (κ1) is 37.0. The standard InChI is InChI=1S/C37H49N5O7/c1-24(2)18-28-21-42(22-31-35(49-6)33(48-5)15-17-38-31)23-34(43)39-16-7-8-26-20-27(11-14-32(26)47-4)36(44)41-30(37(45)40-28)19-25-9-12-29(46-3)13-10-25/h9-15,17,20,24,28,30H,7-8,16,18-19,21-23H2,1-6H3,(H,39,43)(H,40,45)(H,41,44)/t28-,30-/m0/s1. The number of benzene rings is 2. The van der Waals surface area contributed by atoms with Gasteiger partial charge in [-0.25, -0.2) is 0 Å². The third-order valence-electron chi connectivity index (χ3n) is 8.40. The number of hydrogen-bond donors (Lipinski definition) is 3. The van der Waals surface area contributed by atoms with Crippen LogP contribution in [0.1, 0.15) is 53.9 Å². The predicted octanol–water partition coefficient (Wildman–Crippen LogP) is 3.55. The lowest BCUT2D eigenvalue weighted by atomic mass is 10.0. The molecule has 1 aliphatic heterocycles. The van der Waals surface area contributed by atoms with Crippen molar-refractivity contribution in [2.45, 2.75) is 58.2 Å². The Hall–Kier alpha value is -4.84. The molecule has 4 rings (SSSR count). The summed E-state index contributed by atoms with van der Waals surface area (Å²) in [5, 5.41) is 9.25. The lowest BCUT2D eigenvalue weighted by molar-refractivity contribution is -0.124. The molecule has 3 aromatic rings. The van der Waals surface area contributed by atoms with E-state index in [9.17, 15) is 14.4 Å². The van der Waals surface area contributed by atoms with Crippen LogP contribution in [0.25, 0.3) is 0 Å². The van der Waals surface area contributed by atoms with Crippen LogP contribution in [-0.4, -0.2) is 87.8 Å². The summed E-state index contributed by atoms with van der Waals surface area (Å²) in [5.74, 6) is 1.74. The monoisotopic (exact) mass is 675 g/mol. The van der Waals surface area contributed by atoms with E-state index in [1.807, 2.05) is 29.2 Å². The van der Waals surface area contributed by atoms with Crippen LogP contribution in [0, 0.1) is 5.92 Å². The van der Waals surface area contributed by atoms with Gasteiger partial charge in [0, 0.05) is 49.9 Å². The number of methoxy groups -OCH3 is 4. The van der Waals surface area contributed by atoms with Crippen molar-refractivity contribution in [3.05, 3.63) is 77.1 Å². The Balaban J connectivity index is 1.70. The minimum atomic E-state index is -0.881. The summed E-state index contributed by atoms with van der Waals surface area (Å²) in [6, 6.07) is 13.1. The number of nitrogens with one attached hydrogen (secondary N) is 3. The smallest absolute Gasteiger partial charge is 0.251 e. The molecular weight excluding hydrogens is 626 g/mol. The van der Waals surface area contributed by atoms with Crippen LogP contribution in [0.3, 0.4) is 0 Å². The Morgan fingerprint density at radius 1 is 0.898 bits per heavy atom. The number of amides is 3. The molecule has 264 valence electrons. The van der Waals surface area contributed by atoms with E-state index in [0.717, 1.165) is 11.1 Å². The van der Waals surface area contributed by atoms with Gasteiger partial charge in [0.2, 0.25) is 11.8 Å². The fourth-order valence-corrected chi connectivity index (χ4v) is 6.05. The molecule has 0 saturated heterocycles. The van der Waals surface area contributed by atoms with Gasteiger partial charge in [0.05, 0.1) is 35.0 Å². The van der Waals surface area contributed by atoms with Gasteiger partial charge in [0.1, 0.15) is 23.2 Å². The second-order valence-corrected chi connectivity index (χ2v) is 12.6. The number of rotatable bonds is 10. The number of carbonyl (C=O) groups is 3. The van der Waals surface area contributed by atoms with Gasteiger partial charge in [0.15, 0.2) is 11.5 Å². The number of hydrogen-bond acceptors (Lipinski definition) is 9. The van der Waals surface area contributed by atoms with E-state index in [0.29, 0.717) is 66.6 Å². The molecule has 0 aliphatic carbocycles. The number of aryl methyl sites for hydroxylation is 1. The minimum Gasteiger partial charge on any atom is -0.497 e. The maximum absolute atomic E-state index is 14.1. The summed E-state index contributed by atoms with van der Waals surface area (Å²) in [6.45, 7) is 5.28. The van der Waals surface area contributed by atoms with Gasteiger partial charge in [-0.2, -0.15) is 0 Å². The zero-order valence-electron chi connectivity index (χ0n) is 29.3. The van der Waals surface area contributed by atoms with Gasteiger partial charge in [-0.3, -0.25) is 24.3 Å². The van der Waals surface area contributed by atoms with Crippen LogP contribution in [-0.2, 0) is 29.0 Å². The van der Waals surface area contributed by atoms with Crippen molar-refractivity contribution >= 4 is 17.7 Å². The minimum absolute atomic E-state index is 0.0668. The Labute approximate surface area is 288 Å². The second kappa shape index (κ2) is 18.1. The van der Waals surface area contributed by atoms with Crippen LogP contribution in [0.5, 0.6) is 23.0 Å². The average molecular weight is 676 g/mol. The molecule has 2 aromatic carbocycles. The molecule has 3 amide bonds. The molecule has 2 bridgehead atoms. The molecule has 12 nitrogen and oxygen atoms in total. The summed E-state index contributed by atoms with van der Waals surface area (Å²) in [7, 11) is 6.29. The number of fused-ring (bicyclic) bond motifs is 2. The normalized spacial score (nSPS) is 18.1. The Morgan fingerprint density at radius 2 is 1.65 bits per heavy atom. The van der Waals surface area contributed by atoms with E-state index in [1.165, 1.54) is 0 Å². The quantitative estimate of drug-likeness (QED) is 0.294. The highest BCUT2D eigenvalue weighted by atomic mass is 16.5. The number of aromatic nitrogens is 1. The summed E-state index contributed by atoms with van der Waals surface area (Å²) >= 11 is 0. The van der Waals surface area contributed by atoms with Crippen LogP contribution in [0.2, 0.25) is 0 Å². The van der Waals surface area contributed by atoms with Crippen LogP contribution in [0.15, 0.2) is 54.7 Å². The highest BCUT2D eigenvalue weighted by Crippen LogP contribution is 2.30. The van der Waals surface area contributed by atoms with Gasteiger partial charge in [-0.15, -0.1) is 0 Å². The van der Waals surface area contributed by atoms with Crippen molar-refractivity contribution in [2.24, 2.45) is 5.92 Å². The topological polar surface area (TPSA) is 140 Å². The Morgan fingerprint density at radius 3 is 2.33 bits per heavy atom. The fourth-order valence-electron chi connectivity index (χ4n) is 6.05. The summed E-state index contributed by atoms with van der Waals surface area (Å²) in [5.41, 5.74) is 2.71. The molecule has 0 unspecified atom stereocenters. The summed E-state index contributed by atoms with van der Waals surface area (Å²) in [4.78, 5) is 47.7. The summed E-state index contributed by atoms with van der Waals surface area (Å²) in [6.07, 6.45) is 3.74. The van der Waals surface area contributed by atoms with Crippen LogP contribution in [0.4, 0.5) is 0 Å². The average Bonchev–Trinajstić information content (AvgIpc) is 3.09. The molecule has 2 heterocycles. The highest BCUT2D eigenvalue weighted by Gasteiger charge is 2.28. The largest absolute Gasteiger partial charge is 0.497 e. The molecule has 0 saturated carbocycles. The first-order chi connectivity index (χ1) is 23.6. The molecular formula is C37H49N5O7. The number of ether oxygens (including phenoxy) is 4. The van der Waals surface area contributed by atoms with E-state index in [-0.39, 0.29) is 49.2 Å². The van der Waals surface area contributed by atoms with Crippen molar-refractivity contribution in [3.63, 3.8) is 0 Å². The van der Waals surface area contributed by atoms with Gasteiger partial charge in [-0.05, 0) is 66.6 Å². The third-order valence-corrected chi connectivity index (χ3v) is 8.40. The first-order valence-electron chi connectivity index (χ1n) is 16.6. The lowest BCUT2D eigenvalue weighted by Gasteiger charge is -2.30. The number of pyridine rings is 1. The van der Waals surface area contributed by atoms with Crippen molar-refractivity contribution in [1.29, 1.82) is 0 Å². The van der Waals surface area contributed by atoms with E-state index in [1.54, 1.807) is 58.9 Å². The second-order valence-electron chi connectivity index (χ2n) is 12.6. The first-order valence-corrected chi connectivity index (χ1v) is 16.6. The zero-order valence-corrected chi connectivity index (χ0v) is 29.3. The van der Waals surface area contributed by atoms with Crippen molar-refractivity contribution < 1.29 is 33.3 Å². The predicted molar refractivity (Wildman–Crippen MR) is 186 cm³/mol. The van der Waals surface area contributed by atoms with Crippen LogP contribution >= 0.6 is 0 Å². The van der Waals surface area contributed by atoms with Gasteiger partial charge < -0.3 is 34.9 Å². The van der Waals surface area contributed by atoms with E-state index >= 15 is 0 Å². The third kappa shape index (κ3) is 10.6. The van der Waals surface area contributed by atoms with Gasteiger partial charge in [0.25, 0.3) is 5.91 Å². The number of carbonyl (C=O) groups excluding carboxylic acids is 3. The zero-order chi connectivity index (χ0) is 35.3. The van der Waals surface area contributed by atoms with Crippen molar-refractivity contribution in [3.8, 4) is 23.0 Å². The van der Waals surface area contributed by atoms with Gasteiger partial charge >= 0.3 is 0 Å². The molecule has 0 spiro atoms. The van der Waals surface area contributed by atoms with Crippen molar-refractivity contribution in [2.75, 3.05) is 48.1 Å². The van der Waals surface area contributed by atoms with E-state index in [2.05, 4.69) is 34.8 Å². The fraction of sp³-hybridized carbons (Fsp3) is 0.459. The SMILES string of the molecule is COc1ccc(C[C@@H]2NC(=O)c3ccc(OC)c(c3)CCCNC(=O)CN(Cc3nccc(OC)c3OC)C[C@H](CC(C)C)NC2=O)cc1. The molecule has 1 aromatic heterocycles. The number of nitrogens with zero attached hydrogens (tertiary/aromatic N) is 2. The molecule has 2 atom stereocenters. The van der Waals surface area contributed by atoms with Gasteiger partial charge in [-0.1, -0.05) is 26.0 Å². The Bertz CT molecular complexity index is 1560. The molecule has 0 fully saturated rings. The van der Waals surface area contributed by atoms with Crippen LogP contribution < -0.4 is 34.9 Å². The molecule has 0 radical (unpaired) electrons. The molecule has 1 aliphatic rings. The van der Waals surface area contributed by atoms with E-state index in [4.69, 9.17) is 18.9 Å². The molecule has 12 heteroatoms. The van der Waals surface area contributed by atoms with E-state index < -0.39 is 6.04 Å². The Kier molecular flexibility index (Phi) is 13.6. The lowest BCUT2D eigenvalue weighted by Crippen LogP contribution is -2.53. The summed E-state index contributed by atoms with van der Waals surface area (Å²) < 4.78 is 22.0. The van der Waals surface area contributed by atoms with Crippen molar-refractivity contribution in [1.82, 2.24) is 25.8 Å². The molecule has 3 N–H and O–H groups in total. The molecule has 49 heavy (non-hydrogen) atoms. The highest BCUT2D eigenvalue weighted by molar-refractivity contribution is 5.98.